The first-order valence-electron chi connectivity index (χ1n) is 6.43. The van der Waals surface area contributed by atoms with Gasteiger partial charge in [0.2, 0.25) is 0 Å². The number of furan rings is 1. The van der Waals surface area contributed by atoms with Gasteiger partial charge >= 0.3 is 5.97 Å². The van der Waals surface area contributed by atoms with Crippen molar-refractivity contribution in [1.82, 2.24) is 5.32 Å². The van der Waals surface area contributed by atoms with Gasteiger partial charge in [0.25, 0.3) is 5.91 Å². The fourth-order valence-electron chi connectivity index (χ4n) is 1.88. The summed E-state index contributed by atoms with van der Waals surface area (Å²) in [5.74, 6) is -2.12. The molecular weight excluding hydrogens is 277 g/mol. The highest BCUT2D eigenvalue weighted by molar-refractivity contribution is 5.99. The number of aliphatic carboxylic acids is 1. The predicted octanol–water partition coefficient (Wildman–Crippen LogP) is 2.72. The van der Waals surface area contributed by atoms with E-state index in [4.69, 9.17) is 9.52 Å². The van der Waals surface area contributed by atoms with Gasteiger partial charge in [0.1, 0.15) is 0 Å². The number of hydrogen-bond acceptors (Lipinski definition) is 3. The molecule has 1 amide bonds. The van der Waals surface area contributed by atoms with Crippen LogP contribution in [0.15, 0.2) is 22.6 Å². The van der Waals surface area contributed by atoms with Gasteiger partial charge in [0.15, 0.2) is 17.2 Å². The summed E-state index contributed by atoms with van der Waals surface area (Å²) in [5, 5.41) is 12.0. The summed E-state index contributed by atoms with van der Waals surface area (Å²) >= 11 is 0. The molecule has 0 atom stereocenters. The molecule has 0 fully saturated rings. The van der Waals surface area contributed by atoms with Crippen molar-refractivity contribution < 1.29 is 23.5 Å². The molecule has 5 nitrogen and oxygen atoms in total. The molecule has 0 unspecified atom stereocenters. The molecule has 112 valence electrons. The van der Waals surface area contributed by atoms with Gasteiger partial charge in [-0.2, -0.15) is 0 Å². The molecule has 0 aliphatic carbocycles. The predicted molar refractivity (Wildman–Crippen MR) is 74.7 cm³/mol. The molecular formula is C15H16FNO4. The third-order valence-electron chi connectivity index (χ3n) is 3.39. The molecule has 2 aromatic rings. The number of halogens is 1. The van der Waals surface area contributed by atoms with Gasteiger partial charge in [-0.05, 0) is 26.8 Å². The second-order valence-corrected chi connectivity index (χ2v) is 5.54. The minimum Gasteiger partial charge on any atom is -0.481 e. The average molecular weight is 293 g/mol. The second-order valence-electron chi connectivity index (χ2n) is 5.54. The first kappa shape index (κ1) is 15.0. The van der Waals surface area contributed by atoms with Crippen molar-refractivity contribution in [2.24, 2.45) is 5.41 Å². The van der Waals surface area contributed by atoms with E-state index in [-0.39, 0.29) is 17.9 Å². The number of carbonyl (C=O) groups excluding carboxylic acids is 1. The Morgan fingerprint density at radius 2 is 2.05 bits per heavy atom. The van der Waals surface area contributed by atoms with E-state index in [1.54, 1.807) is 13.0 Å². The van der Waals surface area contributed by atoms with Crippen molar-refractivity contribution in [3.63, 3.8) is 0 Å². The third kappa shape index (κ3) is 2.74. The summed E-state index contributed by atoms with van der Waals surface area (Å²) in [5.41, 5.74) is -0.548. The molecule has 1 aromatic carbocycles. The lowest BCUT2D eigenvalue weighted by atomic mass is 9.94. The van der Waals surface area contributed by atoms with Crippen LogP contribution in [0.5, 0.6) is 0 Å². The monoisotopic (exact) mass is 293 g/mol. The van der Waals surface area contributed by atoms with Gasteiger partial charge < -0.3 is 14.8 Å². The first-order valence-corrected chi connectivity index (χ1v) is 6.43. The molecule has 0 saturated heterocycles. The van der Waals surface area contributed by atoms with Crippen LogP contribution < -0.4 is 5.32 Å². The number of benzene rings is 1. The van der Waals surface area contributed by atoms with Crippen LogP contribution in [0, 0.1) is 18.2 Å². The van der Waals surface area contributed by atoms with Crippen LogP contribution in [0.25, 0.3) is 11.0 Å². The summed E-state index contributed by atoms with van der Waals surface area (Å²) < 4.78 is 18.9. The van der Waals surface area contributed by atoms with Crippen molar-refractivity contribution >= 4 is 22.8 Å². The molecule has 21 heavy (non-hydrogen) atoms. The molecule has 2 rings (SSSR count). The van der Waals surface area contributed by atoms with E-state index >= 15 is 0 Å². The summed E-state index contributed by atoms with van der Waals surface area (Å²) in [6, 6.07) is 4.45. The first-order chi connectivity index (χ1) is 9.74. The highest BCUT2D eigenvalue weighted by Crippen LogP contribution is 2.27. The van der Waals surface area contributed by atoms with Gasteiger partial charge in [-0.25, -0.2) is 4.39 Å². The molecule has 1 heterocycles. The van der Waals surface area contributed by atoms with E-state index in [0.29, 0.717) is 10.9 Å². The molecule has 0 radical (unpaired) electrons. The minimum atomic E-state index is -1.10. The number of para-hydroxylation sites is 1. The highest BCUT2D eigenvalue weighted by Gasteiger charge is 2.29. The third-order valence-corrected chi connectivity index (χ3v) is 3.39. The Morgan fingerprint density at radius 1 is 1.38 bits per heavy atom. The van der Waals surface area contributed by atoms with E-state index in [1.807, 2.05) is 0 Å². The zero-order valence-corrected chi connectivity index (χ0v) is 12.0. The van der Waals surface area contributed by atoms with Gasteiger partial charge in [-0.15, -0.1) is 0 Å². The smallest absolute Gasteiger partial charge is 0.310 e. The van der Waals surface area contributed by atoms with Crippen molar-refractivity contribution in [3.05, 3.63) is 35.3 Å². The maximum Gasteiger partial charge on any atom is 0.310 e. The topological polar surface area (TPSA) is 79.5 Å². The standard InChI is InChI=1S/C15H16FNO4/c1-8-9-5-4-6-10(16)12(9)21-11(8)13(18)17-7-15(2,3)14(19)20/h4-6H,7H2,1-3H3,(H,17,18)(H,19,20). The Hall–Kier alpha value is -2.37. The summed E-state index contributed by atoms with van der Waals surface area (Å²) in [7, 11) is 0. The van der Waals surface area contributed by atoms with Crippen LogP contribution in [0.4, 0.5) is 4.39 Å². The number of carboxylic acids is 1. The minimum absolute atomic E-state index is 0.00344. The zero-order valence-electron chi connectivity index (χ0n) is 12.0. The molecule has 0 aliphatic heterocycles. The molecule has 0 bridgehead atoms. The Labute approximate surface area is 120 Å². The largest absolute Gasteiger partial charge is 0.481 e. The number of carboxylic acid groups (broad SMARTS) is 1. The van der Waals surface area contributed by atoms with Crippen molar-refractivity contribution in [3.8, 4) is 0 Å². The Kier molecular flexibility index (Phi) is 3.72. The quantitative estimate of drug-likeness (QED) is 0.908. The zero-order chi connectivity index (χ0) is 15.8. The summed E-state index contributed by atoms with van der Waals surface area (Å²) in [6.45, 7) is 4.60. The van der Waals surface area contributed by atoms with E-state index in [2.05, 4.69) is 5.32 Å². The van der Waals surface area contributed by atoms with Gasteiger partial charge in [0, 0.05) is 17.5 Å². The van der Waals surface area contributed by atoms with Crippen LogP contribution in [0.2, 0.25) is 0 Å². The Morgan fingerprint density at radius 3 is 2.62 bits per heavy atom. The fourth-order valence-corrected chi connectivity index (χ4v) is 1.88. The van der Waals surface area contributed by atoms with Gasteiger partial charge in [0.05, 0.1) is 5.41 Å². The van der Waals surface area contributed by atoms with Crippen molar-refractivity contribution in [2.45, 2.75) is 20.8 Å². The number of carbonyl (C=O) groups is 2. The van der Waals surface area contributed by atoms with E-state index < -0.39 is 23.1 Å². The molecule has 0 aliphatic rings. The van der Waals surface area contributed by atoms with E-state index in [9.17, 15) is 14.0 Å². The Bertz CT molecular complexity index is 718. The van der Waals surface area contributed by atoms with Crippen molar-refractivity contribution in [1.29, 1.82) is 0 Å². The number of rotatable bonds is 4. The molecule has 1 aromatic heterocycles. The normalized spacial score (nSPS) is 11.6. The van der Waals surface area contributed by atoms with Crippen LogP contribution in [-0.4, -0.2) is 23.5 Å². The van der Waals surface area contributed by atoms with Crippen LogP contribution >= 0.6 is 0 Å². The van der Waals surface area contributed by atoms with Crippen LogP contribution in [0.1, 0.15) is 30.0 Å². The second kappa shape index (κ2) is 5.20. The van der Waals surface area contributed by atoms with Crippen LogP contribution in [0.3, 0.4) is 0 Å². The fraction of sp³-hybridized carbons (Fsp3) is 0.333. The summed E-state index contributed by atoms with van der Waals surface area (Å²) in [4.78, 5) is 23.1. The SMILES string of the molecule is Cc1c(C(=O)NCC(C)(C)C(=O)O)oc2c(F)cccc12. The number of fused-ring (bicyclic) bond motifs is 1. The lowest BCUT2D eigenvalue weighted by molar-refractivity contribution is -0.146. The highest BCUT2D eigenvalue weighted by atomic mass is 19.1. The lowest BCUT2D eigenvalue weighted by Crippen LogP contribution is -2.38. The molecule has 6 heteroatoms. The maximum absolute atomic E-state index is 13.6. The Balaban J connectivity index is 2.27. The van der Waals surface area contributed by atoms with Gasteiger partial charge in [-0.1, -0.05) is 12.1 Å². The average Bonchev–Trinajstić information content (AvgIpc) is 2.75. The summed E-state index contributed by atoms with van der Waals surface area (Å²) in [6.07, 6.45) is 0. The number of hydrogen-bond donors (Lipinski definition) is 2. The van der Waals surface area contributed by atoms with Gasteiger partial charge in [-0.3, -0.25) is 9.59 Å². The maximum atomic E-state index is 13.6. The van der Waals surface area contributed by atoms with Crippen molar-refractivity contribution in [2.75, 3.05) is 6.54 Å². The van der Waals surface area contributed by atoms with E-state index in [1.165, 1.54) is 26.0 Å². The number of amides is 1. The number of aryl methyl sites for hydroxylation is 1. The molecule has 0 saturated carbocycles. The van der Waals surface area contributed by atoms with E-state index in [0.717, 1.165) is 0 Å². The lowest BCUT2D eigenvalue weighted by Gasteiger charge is -2.19. The molecule has 2 N–H and O–H groups in total. The number of nitrogens with one attached hydrogen (secondary N) is 1. The van der Waals surface area contributed by atoms with Crippen LogP contribution in [-0.2, 0) is 4.79 Å². The molecule has 0 spiro atoms.